The molecule has 184 valence electrons. The van der Waals surface area contributed by atoms with Crippen molar-refractivity contribution in [1.82, 2.24) is 5.32 Å². The van der Waals surface area contributed by atoms with Crippen LogP contribution in [0, 0.1) is 13.8 Å². The van der Waals surface area contributed by atoms with Crippen LogP contribution in [0.15, 0.2) is 72.3 Å². The van der Waals surface area contributed by atoms with Gasteiger partial charge < -0.3 is 9.47 Å². The van der Waals surface area contributed by atoms with E-state index in [9.17, 15) is 14.4 Å². The molecule has 0 unspecified atom stereocenters. The summed E-state index contributed by atoms with van der Waals surface area (Å²) in [4.78, 5) is 39.2. The first-order valence-corrected chi connectivity index (χ1v) is 11.8. The van der Waals surface area contributed by atoms with Gasteiger partial charge in [-0.3, -0.25) is 14.9 Å². The summed E-state index contributed by atoms with van der Waals surface area (Å²) in [7, 11) is 0. The predicted octanol–water partition coefficient (Wildman–Crippen LogP) is 4.99. The van der Waals surface area contributed by atoms with Crippen LogP contribution in [-0.4, -0.2) is 31.1 Å². The third-order valence-corrected chi connectivity index (χ3v) is 5.71. The Hall–Kier alpha value is -4.39. The van der Waals surface area contributed by atoms with Crippen LogP contribution < -0.4 is 19.7 Å². The number of urea groups is 1. The Morgan fingerprint density at radius 3 is 2.42 bits per heavy atom. The maximum absolute atomic E-state index is 13.2. The number of carbonyl (C=O) groups excluding carboxylic acids is 3. The third kappa shape index (κ3) is 5.63. The molecule has 36 heavy (non-hydrogen) atoms. The van der Waals surface area contributed by atoms with Crippen molar-refractivity contribution in [2.24, 2.45) is 0 Å². The van der Waals surface area contributed by atoms with Crippen molar-refractivity contribution in [2.45, 2.75) is 27.2 Å². The van der Waals surface area contributed by atoms with E-state index in [-0.39, 0.29) is 12.2 Å². The third-order valence-electron chi connectivity index (χ3n) is 5.71. The number of carbonyl (C=O) groups is 3. The number of anilines is 1. The van der Waals surface area contributed by atoms with E-state index in [1.807, 2.05) is 32.0 Å². The standard InChI is InChI=1S/C29H28N2O5/c1-4-21-14-20(3)16-24(17-21)35-12-13-36-26-11-6-5-9-22(26)18-25-27(32)30-29(34)31(28(25)33)23-10-7-8-19(2)15-23/h5-11,14-18H,4,12-13H2,1-3H3,(H,30,32,34). The van der Waals surface area contributed by atoms with Gasteiger partial charge in [0.05, 0.1) is 5.69 Å². The van der Waals surface area contributed by atoms with Crippen molar-refractivity contribution in [2.75, 3.05) is 18.1 Å². The van der Waals surface area contributed by atoms with Crippen LogP contribution >= 0.6 is 0 Å². The second-order valence-corrected chi connectivity index (χ2v) is 8.54. The minimum Gasteiger partial charge on any atom is -0.490 e. The fourth-order valence-corrected chi connectivity index (χ4v) is 3.97. The van der Waals surface area contributed by atoms with E-state index in [1.54, 1.807) is 42.5 Å². The molecule has 3 aromatic carbocycles. The van der Waals surface area contributed by atoms with Crippen molar-refractivity contribution in [3.8, 4) is 11.5 Å². The topological polar surface area (TPSA) is 84.9 Å². The van der Waals surface area contributed by atoms with Crippen LogP contribution in [-0.2, 0) is 16.0 Å². The van der Waals surface area contributed by atoms with Crippen molar-refractivity contribution >= 4 is 29.6 Å². The summed E-state index contributed by atoms with van der Waals surface area (Å²) in [5.74, 6) is -0.167. The molecule has 0 atom stereocenters. The number of nitrogens with zero attached hydrogens (tertiary/aromatic N) is 1. The molecule has 7 heteroatoms. The van der Waals surface area contributed by atoms with Gasteiger partial charge in [0.1, 0.15) is 30.3 Å². The van der Waals surface area contributed by atoms with Crippen molar-refractivity contribution in [3.05, 3.63) is 94.6 Å². The second-order valence-electron chi connectivity index (χ2n) is 8.54. The van der Waals surface area contributed by atoms with Gasteiger partial charge in [0.25, 0.3) is 11.8 Å². The van der Waals surface area contributed by atoms with E-state index in [1.165, 1.54) is 11.6 Å². The zero-order valence-corrected chi connectivity index (χ0v) is 20.5. The summed E-state index contributed by atoms with van der Waals surface area (Å²) >= 11 is 0. The number of nitrogens with one attached hydrogen (secondary N) is 1. The molecule has 1 fully saturated rings. The molecule has 3 aromatic rings. The Morgan fingerprint density at radius 1 is 0.861 bits per heavy atom. The number of hydrogen-bond donors (Lipinski definition) is 1. The molecular formula is C29H28N2O5. The highest BCUT2D eigenvalue weighted by Crippen LogP contribution is 2.26. The van der Waals surface area contributed by atoms with Gasteiger partial charge in [-0.1, -0.05) is 43.3 Å². The molecule has 1 aliphatic heterocycles. The number of barbiturate groups is 1. The highest BCUT2D eigenvalue weighted by atomic mass is 16.5. The zero-order valence-electron chi connectivity index (χ0n) is 20.5. The lowest BCUT2D eigenvalue weighted by atomic mass is 10.1. The minimum absolute atomic E-state index is 0.157. The van der Waals surface area contributed by atoms with Crippen LogP contribution in [0.3, 0.4) is 0 Å². The molecule has 0 aromatic heterocycles. The van der Waals surface area contributed by atoms with Crippen LogP contribution in [0.4, 0.5) is 10.5 Å². The van der Waals surface area contributed by atoms with E-state index >= 15 is 0 Å². The fraction of sp³-hybridized carbons (Fsp3) is 0.207. The lowest BCUT2D eigenvalue weighted by molar-refractivity contribution is -0.122. The summed E-state index contributed by atoms with van der Waals surface area (Å²) < 4.78 is 11.8. The number of para-hydroxylation sites is 1. The molecule has 1 aliphatic rings. The van der Waals surface area contributed by atoms with Gasteiger partial charge in [0.15, 0.2) is 0 Å². The van der Waals surface area contributed by atoms with Gasteiger partial charge in [-0.05, 0) is 73.4 Å². The molecular weight excluding hydrogens is 456 g/mol. The first kappa shape index (κ1) is 24.7. The Morgan fingerprint density at radius 2 is 1.64 bits per heavy atom. The molecule has 1 saturated heterocycles. The number of amides is 4. The van der Waals surface area contributed by atoms with Gasteiger partial charge in [-0.25, -0.2) is 9.69 Å². The average molecular weight is 485 g/mol. The molecule has 4 amide bonds. The van der Waals surface area contributed by atoms with Gasteiger partial charge in [0.2, 0.25) is 0 Å². The van der Waals surface area contributed by atoms with E-state index in [2.05, 4.69) is 18.3 Å². The lowest BCUT2D eigenvalue weighted by Crippen LogP contribution is -2.54. The molecule has 0 aliphatic carbocycles. The van der Waals surface area contributed by atoms with Crippen LogP contribution in [0.2, 0.25) is 0 Å². The second kappa shape index (κ2) is 10.9. The van der Waals surface area contributed by atoms with Gasteiger partial charge in [-0.2, -0.15) is 0 Å². The first-order chi connectivity index (χ1) is 17.4. The number of rotatable bonds is 8. The smallest absolute Gasteiger partial charge is 0.335 e. The fourth-order valence-electron chi connectivity index (χ4n) is 3.97. The first-order valence-electron chi connectivity index (χ1n) is 11.8. The van der Waals surface area contributed by atoms with E-state index in [0.29, 0.717) is 23.6 Å². The number of ether oxygens (including phenoxy) is 2. The van der Waals surface area contributed by atoms with Crippen LogP contribution in [0.1, 0.15) is 29.2 Å². The zero-order chi connectivity index (χ0) is 25.7. The summed E-state index contributed by atoms with van der Waals surface area (Å²) in [6.45, 7) is 6.58. The van der Waals surface area contributed by atoms with Crippen LogP contribution in [0.5, 0.6) is 11.5 Å². The van der Waals surface area contributed by atoms with Gasteiger partial charge >= 0.3 is 6.03 Å². The van der Waals surface area contributed by atoms with E-state index < -0.39 is 17.8 Å². The maximum atomic E-state index is 13.2. The normalized spacial score (nSPS) is 14.7. The van der Waals surface area contributed by atoms with Crippen LogP contribution in [0.25, 0.3) is 6.08 Å². The highest BCUT2D eigenvalue weighted by molar-refractivity contribution is 6.39. The predicted molar refractivity (Wildman–Crippen MR) is 138 cm³/mol. The number of imide groups is 2. The Labute approximate surface area is 210 Å². The number of hydrogen-bond acceptors (Lipinski definition) is 5. The average Bonchev–Trinajstić information content (AvgIpc) is 2.84. The molecule has 0 spiro atoms. The van der Waals surface area contributed by atoms with Gasteiger partial charge in [-0.15, -0.1) is 0 Å². The number of benzene rings is 3. The molecule has 1 N–H and O–H groups in total. The molecule has 0 bridgehead atoms. The molecule has 0 radical (unpaired) electrons. The number of aryl methyl sites for hydroxylation is 3. The van der Waals surface area contributed by atoms with Crippen molar-refractivity contribution in [1.29, 1.82) is 0 Å². The van der Waals surface area contributed by atoms with E-state index in [4.69, 9.17) is 9.47 Å². The summed E-state index contributed by atoms with van der Waals surface area (Å²) in [6, 6.07) is 19.4. The molecule has 4 rings (SSSR count). The summed E-state index contributed by atoms with van der Waals surface area (Å²) in [5.41, 5.74) is 3.99. The molecule has 7 nitrogen and oxygen atoms in total. The maximum Gasteiger partial charge on any atom is 0.335 e. The Kier molecular flexibility index (Phi) is 7.49. The summed E-state index contributed by atoms with van der Waals surface area (Å²) in [6.07, 6.45) is 2.37. The SMILES string of the molecule is CCc1cc(C)cc(OCCOc2ccccc2C=C2C(=O)NC(=O)N(c3cccc(C)c3)C2=O)c1. The Balaban J connectivity index is 1.50. The van der Waals surface area contributed by atoms with Crippen molar-refractivity contribution < 1.29 is 23.9 Å². The molecule has 0 saturated carbocycles. The van der Waals surface area contributed by atoms with E-state index in [0.717, 1.165) is 28.2 Å². The monoisotopic (exact) mass is 484 g/mol. The highest BCUT2D eigenvalue weighted by Gasteiger charge is 2.37. The Bertz CT molecular complexity index is 1340. The largest absolute Gasteiger partial charge is 0.490 e. The van der Waals surface area contributed by atoms with Crippen molar-refractivity contribution in [3.63, 3.8) is 0 Å². The summed E-state index contributed by atoms with van der Waals surface area (Å²) in [5, 5.41) is 2.25. The molecule has 1 heterocycles. The minimum atomic E-state index is -0.781. The quantitative estimate of drug-likeness (QED) is 0.277. The van der Waals surface area contributed by atoms with Gasteiger partial charge in [0, 0.05) is 5.56 Å². The lowest BCUT2D eigenvalue weighted by Gasteiger charge is -2.26.